The molecular weight excluding hydrogens is 289 g/mol. The van der Waals surface area contributed by atoms with Crippen LogP contribution in [0.5, 0.6) is 0 Å². The van der Waals surface area contributed by atoms with E-state index in [1.165, 1.54) is 0 Å². The van der Waals surface area contributed by atoms with Gasteiger partial charge in [0.25, 0.3) is 0 Å². The Hall–Kier alpha value is -1.67. The first-order valence-electron chi connectivity index (χ1n) is 5.86. The molecule has 0 atom stereocenters. The van der Waals surface area contributed by atoms with Crippen LogP contribution < -0.4 is 4.72 Å². The number of sulfonamides is 1. The molecule has 8 heteroatoms. The van der Waals surface area contributed by atoms with E-state index in [0.717, 1.165) is 18.2 Å². The van der Waals surface area contributed by atoms with Crippen LogP contribution in [0.4, 0.5) is 10.1 Å². The Balaban J connectivity index is 2.86. The summed E-state index contributed by atoms with van der Waals surface area (Å²) < 4.78 is 43.8. The van der Waals surface area contributed by atoms with Crippen LogP contribution in [-0.4, -0.2) is 38.0 Å². The highest BCUT2D eigenvalue weighted by molar-refractivity contribution is 7.92. The molecule has 112 valence electrons. The Kier molecular flexibility index (Phi) is 5.46. The molecule has 0 aliphatic rings. The third kappa shape index (κ3) is 5.14. The minimum atomic E-state index is -3.81. The fraction of sp³-hybridized carbons (Fsp3) is 0.417. The molecule has 1 rings (SSSR count). The van der Waals surface area contributed by atoms with Gasteiger partial charge in [0, 0.05) is 0 Å². The number of aromatic carboxylic acids is 1. The molecule has 0 saturated carbocycles. The molecule has 0 aromatic heterocycles. The standard InChI is InChI=1S/C12H16FNO5S/c1-8(2)19-5-6-20(17,18)14-11-7-9(13)3-4-10(11)12(15)16/h3-4,7-8,14H,5-6H2,1-2H3,(H,15,16). The maximum atomic E-state index is 13.1. The van der Waals surface area contributed by atoms with Crippen LogP contribution in [0.25, 0.3) is 0 Å². The Morgan fingerprint density at radius 2 is 2.10 bits per heavy atom. The number of ether oxygens (including phenoxy) is 1. The zero-order valence-electron chi connectivity index (χ0n) is 11.1. The lowest BCUT2D eigenvalue weighted by molar-refractivity contribution is 0.0698. The number of carboxylic acids is 1. The van der Waals surface area contributed by atoms with Gasteiger partial charge in [-0.2, -0.15) is 0 Å². The molecule has 0 heterocycles. The van der Waals surface area contributed by atoms with E-state index in [9.17, 15) is 17.6 Å². The minimum absolute atomic E-state index is 0.0370. The zero-order chi connectivity index (χ0) is 15.3. The van der Waals surface area contributed by atoms with Gasteiger partial charge >= 0.3 is 5.97 Å². The molecule has 2 N–H and O–H groups in total. The lowest BCUT2D eigenvalue weighted by atomic mass is 10.2. The molecule has 0 fully saturated rings. The van der Waals surface area contributed by atoms with Gasteiger partial charge in [0.2, 0.25) is 10.0 Å². The lowest BCUT2D eigenvalue weighted by Gasteiger charge is -2.12. The van der Waals surface area contributed by atoms with Crippen molar-refractivity contribution in [2.24, 2.45) is 0 Å². The average molecular weight is 305 g/mol. The van der Waals surface area contributed by atoms with Crippen molar-refractivity contribution in [2.45, 2.75) is 20.0 Å². The van der Waals surface area contributed by atoms with Gasteiger partial charge in [-0.15, -0.1) is 0 Å². The molecule has 0 spiro atoms. The Bertz CT molecular complexity index is 586. The third-order valence-corrected chi connectivity index (χ3v) is 3.52. The molecule has 0 saturated heterocycles. The van der Waals surface area contributed by atoms with E-state index >= 15 is 0 Å². The zero-order valence-corrected chi connectivity index (χ0v) is 11.9. The Morgan fingerprint density at radius 3 is 2.65 bits per heavy atom. The quantitative estimate of drug-likeness (QED) is 0.799. The van der Waals surface area contributed by atoms with Crippen LogP contribution in [-0.2, 0) is 14.8 Å². The summed E-state index contributed by atoms with van der Waals surface area (Å²) in [5.74, 6) is -2.42. The van der Waals surface area contributed by atoms with E-state index in [-0.39, 0.29) is 29.7 Å². The van der Waals surface area contributed by atoms with E-state index < -0.39 is 21.8 Å². The average Bonchev–Trinajstić information content (AvgIpc) is 2.26. The molecule has 0 bridgehead atoms. The Labute approximate surface area is 116 Å². The van der Waals surface area contributed by atoms with Gasteiger partial charge in [0.15, 0.2) is 0 Å². The molecular formula is C12H16FNO5S. The third-order valence-electron chi connectivity index (χ3n) is 2.28. The summed E-state index contributed by atoms with van der Waals surface area (Å²) in [7, 11) is -3.81. The van der Waals surface area contributed by atoms with Gasteiger partial charge < -0.3 is 9.84 Å². The number of hydrogen-bond acceptors (Lipinski definition) is 4. The lowest BCUT2D eigenvalue weighted by Crippen LogP contribution is -2.22. The summed E-state index contributed by atoms with van der Waals surface area (Å²) in [4.78, 5) is 10.9. The summed E-state index contributed by atoms with van der Waals surface area (Å²) in [6.07, 6.45) is -0.117. The van der Waals surface area contributed by atoms with Crippen molar-refractivity contribution in [2.75, 3.05) is 17.1 Å². The van der Waals surface area contributed by atoms with Gasteiger partial charge in [-0.3, -0.25) is 4.72 Å². The highest BCUT2D eigenvalue weighted by Crippen LogP contribution is 2.18. The van der Waals surface area contributed by atoms with Crippen molar-refractivity contribution in [1.82, 2.24) is 0 Å². The highest BCUT2D eigenvalue weighted by Gasteiger charge is 2.17. The number of halogens is 1. The van der Waals surface area contributed by atoms with E-state index in [4.69, 9.17) is 9.84 Å². The van der Waals surface area contributed by atoms with Crippen molar-refractivity contribution in [1.29, 1.82) is 0 Å². The van der Waals surface area contributed by atoms with Crippen molar-refractivity contribution in [3.63, 3.8) is 0 Å². The molecule has 0 radical (unpaired) electrons. The molecule has 0 aliphatic carbocycles. The summed E-state index contributed by atoms with van der Waals surface area (Å²) >= 11 is 0. The van der Waals surface area contributed by atoms with Crippen LogP contribution in [0.1, 0.15) is 24.2 Å². The van der Waals surface area contributed by atoms with E-state index in [2.05, 4.69) is 4.72 Å². The van der Waals surface area contributed by atoms with E-state index in [0.29, 0.717) is 0 Å². The second kappa shape index (κ2) is 6.67. The molecule has 0 aliphatic heterocycles. The molecule has 6 nitrogen and oxygen atoms in total. The number of anilines is 1. The van der Waals surface area contributed by atoms with Gasteiger partial charge in [-0.05, 0) is 32.0 Å². The predicted octanol–water partition coefficient (Wildman–Crippen LogP) is 1.69. The van der Waals surface area contributed by atoms with E-state index in [1.807, 2.05) is 0 Å². The van der Waals surface area contributed by atoms with Crippen molar-refractivity contribution >= 4 is 21.7 Å². The second-order valence-electron chi connectivity index (χ2n) is 4.34. The predicted molar refractivity (Wildman–Crippen MR) is 71.9 cm³/mol. The van der Waals surface area contributed by atoms with Gasteiger partial charge in [-0.25, -0.2) is 17.6 Å². The summed E-state index contributed by atoms with van der Waals surface area (Å²) in [5, 5.41) is 8.92. The van der Waals surface area contributed by atoms with Gasteiger partial charge in [0.05, 0.1) is 29.7 Å². The van der Waals surface area contributed by atoms with Gasteiger partial charge in [-0.1, -0.05) is 0 Å². The molecule has 1 aromatic carbocycles. The first kappa shape index (κ1) is 16.4. The second-order valence-corrected chi connectivity index (χ2v) is 6.18. The van der Waals surface area contributed by atoms with E-state index in [1.54, 1.807) is 13.8 Å². The maximum Gasteiger partial charge on any atom is 0.337 e. The first-order valence-corrected chi connectivity index (χ1v) is 7.51. The Morgan fingerprint density at radius 1 is 1.45 bits per heavy atom. The van der Waals surface area contributed by atoms with Crippen LogP contribution >= 0.6 is 0 Å². The number of carbonyl (C=O) groups is 1. The highest BCUT2D eigenvalue weighted by atomic mass is 32.2. The molecule has 0 amide bonds. The molecule has 0 unspecified atom stereocenters. The fourth-order valence-corrected chi connectivity index (χ4v) is 2.32. The largest absolute Gasteiger partial charge is 0.478 e. The number of nitrogens with one attached hydrogen (secondary N) is 1. The van der Waals surface area contributed by atoms with Crippen LogP contribution in [0.3, 0.4) is 0 Å². The SMILES string of the molecule is CC(C)OCCS(=O)(=O)Nc1cc(F)ccc1C(=O)O. The number of hydrogen-bond donors (Lipinski definition) is 2. The molecule has 20 heavy (non-hydrogen) atoms. The summed E-state index contributed by atoms with van der Waals surface area (Å²) in [5.41, 5.74) is -0.623. The van der Waals surface area contributed by atoms with Crippen LogP contribution in [0, 0.1) is 5.82 Å². The van der Waals surface area contributed by atoms with Gasteiger partial charge in [0.1, 0.15) is 5.82 Å². The molecule has 1 aromatic rings. The van der Waals surface area contributed by atoms with Crippen molar-refractivity contribution in [3.8, 4) is 0 Å². The number of benzene rings is 1. The summed E-state index contributed by atoms with van der Waals surface area (Å²) in [6, 6.07) is 2.77. The maximum absolute atomic E-state index is 13.1. The van der Waals surface area contributed by atoms with Crippen molar-refractivity contribution < 1.29 is 27.4 Å². The minimum Gasteiger partial charge on any atom is -0.478 e. The van der Waals surface area contributed by atoms with Crippen LogP contribution in [0.15, 0.2) is 18.2 Å². The number of carboxylic acid groups (broad SMARTS) is 1. The monoisotopic (exact) mass is 305 g/mol. The normalized spacial score (nSPS) is 11.6. The smallest absolute Gasteiger partial charge is 0.337 e. The fourth-order valence-electron chi connectivity index (χ4n) is 1.40. The van der Waals surface area contributed by atoms with Crippen LogP contribution in [0.2, 0.25) is 0 Å². The first-order chi connectivity index (χ1) is 9.21. The summed E-state index contributed by atoms with van der Waals surface area (Å²) in [6.45, 7) is 3.48. The van der Waals surface area contributed by atoms with Crippen molar-refractivity contribution in [3.05, 3.63) is 29.6 Å². The number of rotatable bonds is 7. The topological polar surface area (TPSA) is 92.7 Å².